The normalized spacial score (nSPS) is 11.2. The van der Waals surface area contributed by atoms with Crippen molar-refractivity contribution in [3.05, 3.63) is 65.5 Å². The number of nitrogens with zero attached hydrogens (tertiary/aromatic N) is 1. The molecule has 0 radical (unpaired) electrons. The SMILES string of the molecule is CCc1ccc(N(CCNC(=O)c2cccc(F)c2)S(C)(=O)=O)cc1. The minimum Gasteiger partial charge on any atom is -0.350 e. The third-order valence-corrected chi connectivity index (χ3v) is 4.91. The van der Waals surface area contributed by atoms with E-state index in [1.165, 1.54) is 22.5 Å². The lowest BCUT2D eigenvalue weighted by Crippen LogP contribution is -2.38. The molecule has 2 rings (SSSR count). The van der Waals surface area contributed by atoms with Crippen LogP contribution in [0.3, 0.4) is 0 Å². The fraction of sp³-hybridized carbons (Fsp3) is 0.278. The molecule has 25 heavy (non-hydrogen) atoms. The standard InChI is InChI=1S/C18H21FN2O3S/c1-3-14-7-9-17(10-8-14)21(25(2,23)24)12-11-20-18(22)15-5-4-6-16(19)13-15/h4-10,13H,3,11-12H2,1-2H3,(H,20,22). The fourth-order valence-electron chi connectivity index (χ4n) is 2.39. The van der Waals surface area contributed by atoms with Gasteiger partial charge in [-0.25, -0.2) is 12.8 Å². The molecule has 1 N–H and O–H groups in total. The number of halogens is 1. The lowest BCUT2D eigenvalue weighted by atomic mass is 10.1. The third-order valence-electron chi connectivity index (χ3n) is 3.72. The molecule has 5 nitrogen and oxygen atoms in total. The van der Waals surface area contributed by atoms with E-state index in [-0.39, 0.29) is 18.7 Å². The van der Waals surface area contributed by atoms with Gasteiger partial charge in [0, 0.05) is 12.1 Å². The Balaban J connectivity index is 2.04. The van der Waals surface area contributed by atoms with Gasteiger partial charge in [0.15, 0.2) is 0 Å². The summed E-state index contributed by atoms with van der Waals surface area (Å²) in [5, 5.41) is 2.61. The number of anilines is 1. The lowest BCUT2D eigenvalue weighted by molar-refractivity contribution is 0.0954. The first kappa shape index (κ1) is 18.9. The van der Waals surface area contributed by atoms with E-state index in [0.29, 0.717) is 5.69 Å². The highest BCUT2D eigenvalue weighted by Crippen LogP contribution is 2.18. The molecule has 2 aromatic rings. The Labute approximate surface area is 147 Å². The van der Waals surface area contributed by atoms with E-state index in [2.05, 4.69) is 5.32 Å². The molecular formula is C18H21FN2O3S. The average molecular weight is 364 g/mol. The van der Waals surface area contributed by atoms with Crippen LogP contribution in [0.2, 0.25) is 0 Å². The van der Waals surface area contributed by atoms with Crippen LogP contribution in [0, 0.1) is 5.82 Å². The van der Waals surface area contributed by atoms with Crippen molar-refractivity contribution in [3.63, 3.8) is 0 Å². The van der Waals surface area contributed by atoms with Crippen molar-refractivity contribution < 1.29 is 17.6 Å². The molecule has 0 heterocycles. The van der Waals surface area contributed by atoms with Crippen LogP contribution >= 0.6 is 0 Å². The first-order valence-corrected chi connectivity index (χ1v) is 9.76. The van der Waals surface area contributed by atoms with Gasteiger partial charge in [-0.1, -0.05) is 25.1 Å². The number of sulfonamides is 1. The Kier molecular flexibility index (Phi) is 6.14. The van der Waals surface area contributed by atoms with Crippen LogP contribution in [0.5, 0.6) is 0 Å². The topological polar surface area (TPSA) is 66.5 Å². The molecule has 0 atom stereocenters. The van der Waals surface area contributed by atoms with Crippen LogP contribution in [0.4, 0.5) is 10.1 Å². The summed E-state index contributed by atoms with van der Waals surface area (Å²) in [5.41, 5.74) is 1.84. The van der Waals surface area contributed by atoms with E-state index in [9.17, 15) is 17.6 Å². The quantitative estimate of drug-likeness (QED) is 0.821. The minimum atomic E-state index is -3.48. The van der Waals surface area contributed by atoms with Crippen molar-refractivity contribution in [2.24, 2.45) is 0 Å². The number of hydrogen-bond acceptors (Lipinski definition) is 3. The zero-order valence-corrected chi connectivity index (χ0v) is 15.0. The molecule has 0 aliphatic rings. The molecule has 134 valence electrons. The summed E-state index contributed by atoms with van der Waals surface area (Å²) >= 11 is 0. The number of aryl methyl sites for hydroxylation is 1. The summed E-state index contributed by atoms with van der Waals surface area (Å²) in [6, 6.07) is 12.6. The molecule has 2 aromatic carbocycles. The van der Waals surface area contributed by atoms with Gasteiger partial charge in [-0.3, -0.25) is 9.10 Å². The number of nitrogens with one attached hydrogen (secondary N) is 1. The first-order valence-electron chi connectivity index (χ1n) is 7.91. The van der Waals surface area contributed by atoms with Crippen molar-refractivity contribution in [1.29, 1.82) is 0 Å². The zero-order valence-electron chi connectivity index (χ0n) is 14.2. The van der Waals surface area contributed by atoms with E-state index in [0.717, 1.165) is 24.3 Å². The van der Waals surface area contributed by atoms with Crippen LogP contribution in [0.1, 0.15) is 22.8 Å². The summed E-state index contributed by atoms with van der Waals surface area (Å²) in [7, 11) is -3.48. The second kappa shape index (κ2) is 8.11. The van der Waals surface area contributed by atoms with Gasteiger partial charge in [-0.2, -0.15) is 0 Å². The minimum absolute atomic E-state index is 0.0887. The fourth-order valence-corrected chi connectivity index (χ4v) is 3.31. The number of rotatable bonds is 7. The highest BCUT2D eigenvalue weighted by Gasteiger charge is 2.17. The van der Waals surface area contributed by atoms with Crippen molar-refractivity contribution in [3.8, 4) is 0 Å². The van der Waals surface area contributed by atoms with Crippen LogP contribution in [0.15, 0.2) is 48.5 Å². The predicted octanol–water partition coefficient (Wildman–Crippen LogP) is 2.58. The average Bonchev–Trinajstić information content (AvgIpc) is 2.57. The maximum Gasteiger partial charge on any atom is 0.251 e. The van der Waals surface area contributed by atoms with E-state index in [1.54, 1.807) is 12.1 Å². The van der Waals surface area contributed by atoms with Gasteiger partial charge >= 0.3 is 0 Å². The summed E-state index contributed by atoms with van der Waals surface area (Å²) in [5.74, 6) is -0.948. The van der Waals surface area contributed by atoms with E-state index in [4.69, 9.17) is 0 Å². The van der Waals surface area contributed by atoms with E-state index in [1.807, 2.05) is 19.1 Å². The molecule has 0 saturated carbocycles. The van der Waals surface area contributed by atoms with Gasteiger partial charge in [0.1, 0.15) is 5.82 Å². The highest BCUT2D eigenvalue weighted by molar-refractivity contribution is 7.92. The van der Waals surface area contributed by atoms with Crippen LogP contribution in [-0.2, 0) is 16.4 Å². The molecule has 0 aliphatic heterocycles. The Hall–Kier alpha value is -2.41. The molecular weight excluding hydrogens is 343 g/mol. The maximum atomic E-state index is 13.1. The van der Waals surface area contributed by atoms with Gasteiger partial charge in [0.05, 0.1) is 18.5 Å². The van der Waals surface area contributed by atoms with Crippen LogP contribution in [-0.4, -0.2) is 33.7 Å². The largest absolute Gasteiger partial charge is 0.350 e. The number of hydrogen-bond donors (Lipinski definition) is 1. The lowest BCUT2D eigenvalue weighted by Gasteiger charge is -2.22. The van der Waals surface area contributed by atoms with Crippen molar-refractivity contribution in [2.45, 2.75) is 13.3 Å². The Morgan fingerprint density at radius 1 is 1.16 bits per heavy atom. The van der Waals surface area contributed by atoms with Crippen LogP contribution < -0.4 is 9.62 Å². The van der Waals surface area contributed by atoms with Crippen LogP contribution in [0.25, 0.3) is 0 Å². The Morgan fingerprint density at radius 3 is 2.40 bits per heavy atom. The molecule has 0 bridgehead atoms. The van der Waals surface area contributed by atoms with E-state index >= 15 is 0 Å². The number of carbonyl (C=O) groups excluding carboxylic acids is 1. The monoisotopic (exact) mass is 364 g/mol. The number of carbonyl (C=O) groups is 1. The maximum absolute atomic E-state index is 13.1. The van der Waals surface area contributed by atoms with Gasteiger partial charge in [0.25, 0.3) is 5.91 Å². The molecule has 0 fully saturated rings. The molecule has 0 saturated heterocycles. The summed E-state index contributed by atoms with van der Waals surface area (Å²) in [6.07, 6.45) is 1.98. The number of amides is 1. The summed E-state index contributed by atoms with van der Waals surface area (Å²) in [4.78, 5) is 12.0. The molecule has 0 aliphatic carbocycles. The molecule has 0 unspecified atom stereocenters. The van der Waals surface area contributed by atoms with E-state index < -0.39 is 21.7 Å². The second-order valence-electron chi connectivity index (χ2n) is 5.62. The molecule has 7 heteroatoms. The van der Waals surface area contributed by atoms with Crippen molar-refractivity contribution >= 4 is 21.6 Å². The first-order chi connectivity index (χ1) is 11.8. The highest BCUT2D eigenvalue weighted by atomic mass is 32.2. The van der Waals surface area contributed by atoms with Crippen molar-refractivity contribution in [2.75, 3.05) is 23.7 Å². The number of benzene rings is 2. The van der Waals surface area contributed by atoms with Gasteiger partial charge in [-0.05, 0) is 42.3 Å². The second-order valence-corrected chi connectivity index (χ2v) is 7.53. The summed E-state index contributed by atoms with van der Waals surface area (Å²) < 4.78 is 38.5. The predicted molar refractivity (Wildman–Crippen MR) is 96.7 cm³/mol. The molecule has 1 amide bonds. The summed E-state index contributed by atoms with van der Waals surface area (Å²) in [6.45, 7) is 2.22. The van der Waals surface area contributed by atoms with Crippen molar-refractivity contribution in [1.82, 2.24) is 5.32 Å². The Morgan fingerprint density at radius 2 is 1.84 bits per heavy atom. The van der Waals surface area contributed by atoms with Gasteiger partial charge in [-0.15, -0.1) is 0 Å². The third kappa shape index (κ3) is 5.29. The molecule has 0 spiro atoms. The molecule has 0 aromatic heterocycles. The van der Waals surface area contributed by atoms with Gasteiger partial charge < -0.3 is 5.32 Å². The van der Waals surface area contributed by atoms with Gasteiger partial charge in [0.2, 0.25) is 10.0 Å². The smallest absolute Gasteiger partial charge is 0.251 e. The zero-order chi connectivity index (χ0) is 18.4. The Bertz CT molecular complexity index is 836.